The van der Waals surface area contributed by atoms with Gasteiger partial charge in [0.25, 0.3) is 5.56 Å². The molecule has 1 aliphatic heterocycles. The van der Waals surface area contributed by atoms with Gasteiger partial charge in [0.1, 0.15) is 0 Å². The van der Waals surface area contributed by atoms with Crippen molar-refractivity contribution in [3.63, 3.8) is 0 Å². The predicted octanol–water partition coefficient (Wildman–Crippen LogP) is 0.143. The second-order valence-electron chi connectivity index (χ2n) is 4.47. The van der Waals surface area contributed by atoms with Crippen LogP contribution in [0.2, 0.25) is 0 Å². The van der Waals surface area contributed by atoms with E-state index in [4.69, 9.17) is 0 Å². The highest BCUT2D eigenvalue weighted by atomic mass is 16.2. The number of aromatic nitrogens is 2. The summed E-state index contributed by atoms with van der Waals surface area (Å²) in [6.45, 7) is 3.29. The van der Waals surface area contributed by atoms with Crippen molar-refractivity contribution in [1.82, 2.24) is 14.9 Å². The minimum Gasteiger partial charge on any atom is -0.312 e. The average molecular weight is 231 g/mol. The van der Waals surface area contributed by atoms with E-state index in [1.165, 1.54) is 4.57 Å². The SMILES string of the molecule is Cc1ccc2[nH]c(=O)n(C3CNC3)c(=O)c2c1. The van der Waals surface area contributed by atoms with E-state index in [-0.39, 0.29) is 17.3 Å². The number of rotatable bonds is 1. The first-order valence-electron chi connectivity index (χ1n) is 5.63. The molecule has 5 nitrogen and oxygen atoms in total. The number of hydrogen-bond donors (Lipinski definition) is 2. The van der Waals surface area contributed by atoms with Gasteiger partial charge in [0.15, 0.2) is 0 Å². The standard InChI is InChI=1S/C12H13N3O2/c1-7-2-3-10-9(4-7)11(16)15(12(17)14-10)8-5-13-6-8/h2-4,8,13H,5-6H2,1H3,(H,14,17). The molecule has 5 heteroatoms. The third kappa shape index (κ3) is 1.51. The van der Waals surface area contributed by atoms with Crippen molar-refractivity contribution in [2.24, 2.45) is 0 Å². The molecule has 2 heterocycles. The Bertz CT molecular complexity index is 695. The van der Waals surface area contributed by atoms with Crippen LogP contribution in [-0.4, -0.2) is 22.6 Å². The van der Waals surface area contributed by atoms with Gasteiger partial charge in [-0.05, 0) is 19.1 Å². The first-order valence-corrected chi connectivity index (χ1v) is 5.63. The van der Waals surface area contributed by atoms with Gasteiger partial charge in [0, 0.05) is 13.1 Å². The third-order valence-electron chi connectivity index (χ3n) is 3.21. The maximum Gasteiger partial charge on any atom is 0.329 e. The smallest absolute Gasteiger partial charge is 0.312 e. The molecule has 1 aliphatic rings. The zero-order valence-corrected chi connectivity index (χ0v) is 9.49. The molecule has 1 aromatic heterocycles. The molecule has 2 aromatic rings. The van der Waals surface area contributed by atoms with Crippen LogP contribution in [0.3, 0.4) is 0 Å². The lowest BCUT2D eigenvalue weighted by Crippen LogP contribution is -2.51. The molecule has 0 radical (unpaired) electrons. The molecule has 0 amide bonds. The summed E-state index contributed by atoms with van der Waals surface area (Å²) in [5.74, 6) is 0. The van der Waals surface area contributed by atoms with Crippen LogP contribution in [0, 0.1) is 6.92 Å². The zero-order chi connectivity index (χ0) is 12.0. The molecule has 17 heavy (non-hydrogen) atoms. The van der Waals surface area contributed by atoms with Crippen molar-refractivity contribution in [1.29, 1.82) is 0 Å². The molecule has 1 saturated heterocycles. The van der Waals surface area contributed by atoms with E-state index in [1.54, 1.807) is 6.07 Å². The molecule has 0 aliphatic carbocycles. The van der Waals surface area contributed by atoms with Gasteiger partial charge >= 0.3 is 5.69 Å². The van der Waals surface area contributed by atoms with Crippen molar-refractivity contribution >= 4 is 10.9 Å². The summed E-state index contributed by atoms with van der Waals surface area (Å²) in [6.07, 6.45) is 0. The molecule has 0 spiro atoms. The van der Waals surface area contributed by atoms with Crippen LogP contribution in [-0.2, 0) is 0 Å². The quantitative estimate of drug-likeness (QED) is 0.733. The van der Waals surface area contributed by atoms with E-state index < -0.39 is 0 Å². The summed E-state index contributed by atoms with van der Waals surface area (Å²) in [7, 11) is 0. The number of H-pyrrole nitrogens is 1. The Morgan fingerprint density at radius 1 is 1.29 bits per heavy atom. The Kier molecular flexibility index (Phi) is 2.16. The highest BCUT2D eigenvalue weighted by Crippen LogP contribution is 2.11. The van der Waals surface area contributed by atoms with Crippen molar-refractivity contribution in [2.75, 3.05) is 13.1 Å². The first kappa shape index (κ1) is 10.3. The second-order valence-corrected chi connectivity index (χ2v) is 4.47. The maximum absolute atomic E-state index is 12.3. The fraction of sp³-hybridized carbons (Fsp3) is 0.333. The summed E-state index contributed by atoms with van der Waals surface area (Å²) in [5, 5.41) is 3.64. The Balaban J connectivity index is 2.36. The van der Waals surface area contributed by atoms with E-state index in [1.807, 2.05) is 19.1 Å². The van der Waals surface area contributed by atoms with Crippen LogP contribution in [0.1, 0.15) is 11.6 Å². The topological polar surface area (TPSA) is 66.9 Å². The van der Waals surface area contributed by atoms with Crippen LogP contribution in [0.15, 0.2) is 27.8 Å². The monoisotopic (exact) mass is 231 g/mol. The van der Waals surface area contributed by atoms with Crippen LogP contribution in [0.5, 0.6) is 0 Å². The molecule has 88 valence electrons. The van der Waals surface area contributed by atoms with Crippen molar-refractivity contribution in [3.05, 3.63) is 44.6 Å². The van der Waals surface area contributed by atoms with Crippen molar-refractivity contribution in [2.45, 2.75) is 13.0 Å². The van der Waals surface area contributed by atoms with Crippen molar-refractivity contribution in [3.8, 4) is 0 Å². The molecule has 0 saturated carbocycles. The fourth-order valence-corrected chi connectivity index (χ4v) is 2.13. The van der Waals surface area contributed by atoms with Crippen LogP contribution < -0.4 is 16.6 Å². The van der Waals surface area contributed by atoms with Gasteiger partial charge in [-0.3, -0.25) is 9.36 Å². The third-order valence-corrected chi connectivity index (χ3v) is 3.21. The van der Waals surface area contributed by atoms with E-state index in [0.717, 1.165) is 5.56 Å². The van der Waals surface area contributed by atoms with Crippen LogP contribution in [0.4, 0.5) is 0 Å². The summed E-state index contributed by atoms with van der Waals surface area (Å²) in [6, 6.07) is 5.45. The lowest BCUT2D eigenvalue weighted by molar-refractivity contribution is 0.327. The zero-order valence-electron chi connectivity index (χ0n) is 9.49. The molecule has 0 unspecified atom stereocenters. The molecule has 1 aromatic carbocycles. The van der Waals surface area contributed by atoms with Gasteiger partial charge in [-0.1, -0.05) is 11.6 Å². The number of hydrogen-bond acceptors (Lipinski definition) is 3. The summed E-state index contributed by atoms with van der Waals surface area (Å²) < 4.78 is 1.32. The molecule has 0 bridgehead atoms. The number of fused-ring (bicyclic) bond motifs is 1. The minimum absolute atomic E-state index is 0.0174. The van der Waals surface area contributed by atoms with Crippen LogP contribution >= 0.6 is 0 Å². The molecular formula is C12H13N3O2. The Morgan fingerprint density at radius 2 is 2.06 bits per heavy atom. The summed E-state index contributed by atoms with van der Waals surface area (Å²) >= 11 is 0. The summed E-state index contributed by atoms with van der Waals surface area (Å²) in [4.78, 5) is 26.9. The molecule has 2 N–H and O–H groups in total. The number of benzene rings is 1. The molecule has 0 atom stereocenters. The number of nitrogens with zero attached hydrogens (tertiary/aromatic N) is 1. The fourth-order valence-electron chi connectivity index (χ4n) is 2.13. The van der Waals surface area contributed by atoms with Gasteiger partial charge in [0.05, 0.1) is 16.9 Å². The lowest BCUT2D eigenvalue weighted by atomic mass is 10.1. The Morgan fingerprint density at radius 3 is 2.71 bits per heavy atom. The Labute approximate surface area is 97.1 Å². The number of aryl methyl sites for hydroxylation is 1. The maximum atomic E-state index is 12.3. The predicted molar refractivity (Wildman–Crippen MR) is 65.5 cm³/mol. The second kappa shape index (κ2) is 3.56. The van der Waals surface area contributed by atoms with E-state index >= 15 is 0 Å². The summed E-state index contributed by atoms with van der Waals surface area (Å²) in [5.41, 5.74) is 1.10. The normalized spacial score (nSPS) is 16.1. The molecular weight excluding hydrogens is 218 g/mol. The first-order chi connectivity index (χ1) is 8.16. The van der Waals surface area contributed by atoms with Crippen LogP contribution in [0.25, 0.3) is 10.9 Å². The van der Waals surface area contributed by atoms with Gasteiger partial charge in [-0.2, -0.15) is 0 Å². The van der Waals surface area contributed by atoms with Gasteiger partial charge in [-0.15, -0.1) is 0 Å². The lowest BCUT2D eigenvalue weighted by Gasteiger charge is -2.28. The number of aromatic amines is 1. The van der Waals surface area contributed by atoms with Gasteiger partial charge in [0.2, 0.25) is 0 Å². The number of nitrogens with one attached hydrogen (secondary N) is 2. The van der Waals surface area contributed by atoms with Crippen molar-refractivity contribution < 1.29 is 0 Å². The molecule has 3 rings (SSSR count). The van der Waals surface area contributed by atoms with Gasteiger partial charge < -0.3 is 10.3 Å². The van der Waals surface area contributed by atoms with Gasteiger partial charge in [-0.25, -0.2) is 4.79 Å². The van der Waals surface area contributed by atoms with E-state index in [9.17, 15) is 9.59 Å². The average Bonchev–Trinajstić information content (AvgIpc) is 2.23. The highest BCUT2D eigenvalue weighted by Gasteiger charge is 2.22. The molecule has 1 fully saturated rings. The Hall–Kier alpha value is -1.88. The minimum atomic E-state index is -0.321. The largest absolute Gasteiger partial charge is 0.329 e. The highest BCUT2D eigenvalue weighted by molar-refractivity contribution is 5.77. The van der Waals surface area contributed by atoms with E-state index in [0.29, 0.717) is 24.0 Å². The van der Waals surface area contributed by atoms with E-state index in [2.05, 4.69) is 10.3 Å².